The summed E-state index contributed by atoms with van der Waals surface area (Å²) < 4.78 is 5.71. The Hall–Kier alpha value is -3.19. The molecule has 3 fully saturated rings. The van der Waals surface area contributed by atoms with Crippen LogP contribution in [0.4, 0.5) is 16.2 Å². The molecule has 1 atom stereocenters. The number of ether oxygens (including phenoxy) is 1. The molecule has 2 aliphatic heterocycles. The van der Waals surface area contributed by atoms with Crippen LogP contribution in [0.2, 0.25) is 0 Å². The molecule has 2 aromatic carbocycles. The van der Waals surface area contributed by atoms with Crippen molar-refractivity contribution in [3.63, 3.8) is 0 Å². The summed E-state index contributed by atoms with van der Waals surface area (Å²) in [7, 11) is 1.80. The molecule has 1 saturated carbocycles. The summed E-state index contributed by atoms with van der Waals surface area (Å²) in [4.78, 5) is 45.5. The molecule has 0 N–H and O–H groups in total. The van der Waals surface area contributed by atoms with Crippen molar-refractivity contribution in [2.45, 2.75) is 63.8 Å². The molecular formula is C31H39N3O4. The third kappa shape index (κ3) is 5.63. The molecule has 2 aromatic rings. The Kier molecular flexibility index (Phi) is 7.84. The summed E-state index contributed by atoms with van der Waals surface area (Å²) >= 11 is 0. The average molecular weight is 518 g/mol. The number of nitrogens with zero attached hydrogens (tertiary/aromatic N) is 3. The fourth-order valence-corrected chi connectivity index (χ4v) is 5.94. The maximum absolute atomic E-state index is 13.8. The van der Waals surface area contributed by atoms with Gasteiger partial charge in [-0.15, -0.1) is 0 Å². The van der Waals surface area contributed by atoms with Gasteiger partial charge in [0.05, 0.1) is 12.6 Å². The lowest BCUT2D eigenvalue weighted by atomic mass is 9.72. The third-order valence-corrected chi connectivity index (χ3v) is 8.65. The molecule has 202 valence electrons. The Morgan fingerprint density at radius 2 is 1.63 bits per heavy atom. The quantitative estimate of drug-likeness (QED) is 0.494. The van der Waals surface area contributed by atoms with Crippen LogP contribution in [-0.4, -0.2) is 62.0 Å². The van der Waals surface area contributed by atoms with E-state index in [1.165, 1.54) is 18.4 Å². The van der Waals surface area contributed by atoms with Crippen LogP contribution in [0.25, 0.3) is 0 Å². The first-order valence-electron chi connectivity index (χ1n) is 14.0. The van der Waals surface area contributed by atoms with Crippen molar-refractivity contribution in [3.8, 4) is 0 Å². The monoisotopic (exact) mass is 517 g/mol. The summed E-state index contributed by atoms with van der Waals surface area (Å²) in [5, 5.41) is 0. The number of rotatable bonds is 7. The highest BCUT2D eigenvalue weighted by atomic mass is 16.5. The SMILES string of the molecule is CC(=O)C1(CC(=O)N(c2ccccc2)C2CCCOC2)CCN(C(=O)N(C)c2ccc(C3CC3)cc2)CC1. The van der Waals surface area contributed by atoms with E-state index in [2.05, 4.69) is 12.1 Å². The Morgan fingerprint density at radius 1 is 0.947 bits per heavy atom. The highest BCUT2D eigenvalue weighted by molar-refractivity contribution is 5.98. The predicted octanol–water partition coefficient (Wildman–Crippen LogP) is 5.39. The smallest absolute Gasteiger partial charge is 0.324 e. The van der Waals surface area contributed by atoms with Crippen LogP contribution in [0.1, 0.15) is 63.4 Å². The van der Waals surface area contributed by atoms with Crippen LogP contribution < -0.4 is 9.80 Å². The molecule has 0 radical (unpaired) electrons. The maximum atomic E-state index is 13.8. The van der Waals surface area contributed by atoms with E-state index >= 15 is 0 Å². The molecule has 3 aliphatic rings. The molecule has 0 aromatic heterocycles. The van der Waals surface area contributed by atoms with E-state index in [4.69, 9.17) is 4.74 Å². The second-order valence-electron chi connectivity index (χ2n) is 11.2. The van der Waals surface area contributed by atoms with Crippen LogP contribution in [0.5, 0.6) is 0 Å². The molecule has 5 rings (SSSR count). The molecule has 7 heteroatoms. The summed E-state index contributed by atoms with van der Waals surface area (Å²) in [5.41, 5.74) is 2.29. The van der Waals surface area contributed by atoms with E-state index in [0.717, 1.165) is 24.2 Å². The van der Waals surface area contributed by atoms with Gasteiger partial charge in [0, 0.05) is 50.0 Å². The fourth-order valence-electron chi connectivity index (χ4n) is 5.94. The summed E-state index contributed by atoms with van der Waals surface area (Å²) in [5.74, 6) is 0.655. The maximum Gasteiger partial charge on any atom is 0.324 e. The summed E-state index contributed by atoms with van der Waals surface area (Å²) in [6.45, 7) is 3.72. The number of likely N-dealkylation sites (tertiary alicyclic amines) is 1. The van der Waals surface area contributed by atoms with Crippen molar-refractivity contribution in [1.82, 2.24) is 4.90 Å². The molecule has 2 heterocycles. The van der Waals surface area contributed by atoms with E-state index < -0.39 is 5.41 Å². The number of piperidine rings is 1. The molecule has 7 nitrogen and oxygen atoms in total. The Balaban J connectivity index is 1.26. The number of hydrogen-bond donors (Lipinski definition) is 0. The number of para-hydroxylation sites is 1. The average Bonchev–Trinajstić information content (AvgIpc) is 3.80. The topological polar surface area (TPSA) is 70.2 Å². The number of carbonyl (C=O) groups is 3. The Bertz CT molecular complexity index is 1130. The van der Waals surface area contributed by atoms with Crippen LogP contribution in [-0.2, 0) is 14.3 Å². The first-order chi connectivity index (χ1) is 18.4. The van der Waals surface area contributed by atoms with Gasteiger partial charge in [-0.3, -0.25) is 14.5 Å². The summed E-state index contributed by atoms with van der Waals surface area (Å²) in [6.07, 6.45) is 5.40. The first-order valence-corrected chi connectivity index (χ1v) is 14.0. The van der Waals surface area contributed by atoms with Crippen molar-refractivity contribution < 1.29 is 19.1 Å². The lowest BCUT2D eigenvalue weighted by Crippen LogP contribution is -2.52. The van der Waals surface area contributed by atoms with Crippen LogP contribution >= 0.6 is 0 Å². The Labute approximate surface area is 225 Å². The molecule has 1 unspecified atom stereocenters. The van der Waals surface area contributed by atoms with Crippen molar-refractivity contribution in [2.75, 3.05) is 43.2 Å². The van der Waals surface area contributed by atoms with E-state index in [-0.39, 0.29) is 30.2 Å². The fraction of sp³-hybridized carbons (Fsp3) is 0.516. The van der Waals surface area contributed by atoms with Gasteiger partial charge in [-0.1, -0.05) is 30.3 Å². The molecule has 1 aliphatic carbocycles. The van der Waals surface area contributed by atoms with Gasteiger partial charge in [-0.05, 0) is 81.2 Å². The van der Waals surface area contributed by atoms with Crippen LogP contribution in [0, 0.1) is 5.41 Å². The zero-order valence-electron chi connectivity index (χ0n) is 22.6. The molecular weight excluding hydrogens is 478 g/mol. The van der Waals surface area contributed by atoms with Crippen molar-refractivity contribution in [3.05, 3.63) is 60.2 Å². The molecule has 3 amide bonds. The second-order valence-corrected chi connectivity index (χ2v) is 11.2. The predicted molar refractivity (Wildman–Crippen MR) is 149 cm³/mol. The third-order valence-electron chi connectivity index (χ3n) is 8.65. The zero-order valence-corrected chi connectivity index (χ0v) is 22.6. The molecule has 38 heavy (non-hydrogen) atoms. The van der Waals surface area contributed by atoms with Crippen LogP contribution in [0.15, 0.2) is 54.6 Å². The number of urea groups is 1. The molecule has 0 bridgehead atoms. The normalized spacial score (nSPS) is 21.0. The van der Waals surface area contributed by atoms with Gasteiger partial charge in [0.2, 0.25) is 5.91 Å². The number of benzene rings is 2. The second kappa shape index (κ2) is 11.3. The number of hydrogen-bond acceptors (Lipinski definition) is 4. The van der Waals surface area contributed by atoms with E-state index in [1.54, 1.807) is 18.9 Å². The number of anilines is 2. The van der Waals surface area contributed by atoms with E-state index in [0.29, 0.717) is 45.1 Å². The highest BCUT2D eigenvalue weighted by Crippen LogP contribution is 2.41. The van der Waals surface area contributed by atoms with Crippen molar-refractivity contribution in [2.24, 2.45) is 5.41 Å². The number of carbonyl (C=O) groups excluding carboxylic acids is 3. The van der Waals surface area contributed by atoms with Gasteiger partial charge in [-0.2, -0.15) is 0 Å². The molecule has 2 saturated heterocycles. The van der Waals surface area contributed by atoms with Crippen LogP contribution in [0.3, 0.4) is 0 Å². The minimum Gasteiger partial charge on any atom is -0.379 e. The lowest BCUT2D eigenvalue weighted by molar-refractivity contribution is -0.135. The van der Waals surface area contributed by atoms with Crippen molar-refractivity contribution >= 4 is 29.1 Å². The van der Waals surface area contributed by atoms with Gasteiger partial charge in [-0.25, -0.2) is 4.79 Å². The van der Waals surface area contributed by atoms with Gasteiger partial charge in [0.1, 0.15) is 5.78 Å². The van der Waals surface area contributed by atoms with Gasteiger partial charge < -0.3 is 14.5 Å². The minimum atomic E-state index is -0.763. The minimum absolute atomic E-state index is 0.0230. The van der Waals surface area contributed by atoms with Gasteiger partial charge in [0.25, 0.3) is 0 Å². The number of ketones is 1. The first kappa shape index (κ1) is 26.4. The Morgan fingerprint density at radius 3 is 2.21 bits per heavy atom. The summed E-state index contributed by atoms with van der Waals surface area (Å²) in [6, 6.07) is 17.9. The number of Topliss-reactive ketones (excluding diaryl/α,β-unsaturated/α-hetero) is 1. The molecule has 0 spiro atoms. The van der Waals surface area contributed by atoms with Gasteiger partial charge in [0.15, 0.2) is 0 Å². The largest absolute Gasteiger partial charge is 0.379 e. The van der Waals surface area contributed by atoms with Crippen molar-refractivity contribution in [1.29, 1.82) is 0 Å². The highest BCUT2D eigenvalue weighted by Gasteiger charge is 2.44. The van der Waals surface area contributed by atoms with E-state index in [1.807, 2.05) is 52.3 Å². The zero-order chi connectivity index (χ0) is 26.7. The standard InChI is InChI=1S/C31H39N3O4/c1-23(35)31(21-29(36)34(27-7-4-3-5-8-27)28-9-6-20-38-22-28)16-18-33(19-17-31)30(37)32(2)26-14-12-25(13-15-26)24-10-11-24/h3-5,7-8,12-15,24,28H,6,9-11,16-22H2,1-2H3. The van der Waals surface area contributed by atoms with Gasteiger partial charge >= 0.3 is 6.03 Å². The lowest BCUT2D eigenvalue weighted by Gasteiger charge is -2.42. The van der Waals surface area contributed by atoms with E-state index in [9.17, 15) is 14.4 Å². The number of amides is 3.